The van der Waals surface area contributed by atoms with Gasteiger partial charge in [0.2, 0.25) is 5.95 Å². The Balaban J connectivity index is 2.04. The van der Waals surface area contributed by atoms with Gasteiger partial charge in [-0.05, 0) is 12.6 Å². The first kappa shape index (κ1) is 15.3. The van der Waals surface area contributed by atoms with E-state index in [0.29, 0.717) is 12.5 Å². The largest absolute Gasteiger partial charge is 0.496 e. The fourth-order valence-electron chi connectivity index (χ4n) is 2.07. The molecule has 0 radical (unpaired) electrons. The number of benzene rings is 1. The van der Waals surface area contributed by atoms with E-state index in [1.807, 2.05) is 42.5 Å². The number of methoxy groups -OCH3 is 1. The summed E-state index contributed by atoms with van der Waals surface area (Å²) in [5.74, 6) is 1.59. The Bertz CT molecular complexity index is 556. The zero-order valence-electron chi connectivity index (χ0n) is 12.8. The number of anilines is 1. The molecule has 0 saturated carbocycles. The van der Waals surface area contributed by atoms with Crippen molar-refractivity contribution in [2.45, 2.75) is 20.0 Å². The molecule has 5 heteroatoms. The summed E-state index contributed by atoms with van der Waals surface area (Å²) in [5.41, 5.74) is 2.20. The predicted molar refractivity (Wildman–Crippen MR) is 84.5 cm³/mol. The summed E-state index contributed by atoms with van der Waals surface area (Å²) >= 11 is 0. The third-order valence-corrected chi connectivity index (χ3v) is 3.21. The summed E-state index contributed by atoms with van der Waals surface area (Å²) in [6.07, 6.45) is 3.73. The fourth-order valence-corrected chi connectivity index (χ4v) is 2.07. The number of aromatic nitrogens is 2. The first-order chi connectivity index (χ1) is 10.2. The van der Waals surface area contributed by atoms with E-state index in [9.17, 15) is 0 Å². The van der Waals surface area contributed by atoms with Crippen LogP contribution in [-0.2, 0) is 13.1 Å². The Morgan fingerprint density at radius 1 is 1.19 bits per heavy atom. The van der Waals surface area contributed by atoms with Crippen molar-refractivity contribution in [3.63, 3.8) is 0 Å². The highest BCUT2D eigenvalue weighted by atomic mass is 16.5. The molecule has 0 unspecified atom stereocenters. The Morgan fingerprint density at radius 2 is 1.90 bits per heavy atom. The lowest BCUT2D eigenvalue weighted by molar-refractivity contribution is 0.409. The van der Waals surface area contributed by atoms with Gasteiger partial charge in [-0.1, -0.05) is 25.1 Å². The number of hydrogen-bond acceptors (Lipinski definition) is 5. The van der Waals surface area contributed by atoms with Gasteiger partial charge in [-0.15, -0.1) is 0 Å². The number of nitrogens with one attached hydrogen (secondary N) is 1. The van der Waals surface area contributed by atoms with Gasteiger partial charge in [0.1, 0.15) is 5.75 Å². The molecule has 0 spiro atoms. The second-order valence-electron chi connectivity index (χ2n) is 4.84. The topological polar surface area (TPSA) is 50.3 Å². The van der Waals surface area contributed by atoms with Crippen LogP contribution >= 0.6 is 0 Å². The molecule has 5 nitrogen and oxygen atoms in total. The van der Waals surface area contributed by atoms with Crippen molar-refractivity contribution in [3.8, 4) is 5.75 Å². The number of nitrogens with zero attached hydrogens (tertiary/aromatic N) is 3. The molecule has 2 aromatic rings. The van der Waals surface area contributed by atoms with Crippen LogP contribution in [0, 0.1) is 0 Å². The monoisotopic (exact) mass is 286 g/mol. The van der Waals surface area contributed by atoms with Gasteiger partial charge in [-0.25, -0.2) is 9.97 Å². The van der Waals surface area contributed by atoms with Gasteiger partial charge in [0, 0.05) is 43.7 Å². The lowest BCUT2D eigenvalue weighted by atomic mass is 10.2. The summed E-state index contributed by atoms with van der Waals surface area (Å²) < 4.78 is 5.37. The molecule has 0 saturated heterocycles. The van der Waals surface area contributed by atoms with Crippen molar-refractivity contribution < 1.29 is 4.74 Å². The van der Waals surface area contributed by atoms with Gasteiger partial charge in [0.05, 0.1) is 7.11 Å². The number of para-hydroxylation sites is 1. The number of hydrogen-bond donors (Lipinski definition) is 1. The molecular weight excluding hydrogens is 264 g/mol. The highest BCUT2D eigenvalue weighted by Gasteiger charge is 2.08. The van der Waals surface area contributed by atoms with Crippen LogP contribution < -0.4 is 15.0 Å². The Labute approximate surface area is 126 Å². The molecule has 0 aliphatic rings. The third kappa shape index (κ3) is 4.16. The highest BCUT2D eigenvalue weighted by molar-refractivity contribution is 5.38. The van der Waals surface area contributed by atoms with Gasteiger partial charge < -0.3 is 15.0 Å². The van der Waals surface area contributed by atoms with Gasteiger partial charge in [-0.2, -0.15) is 0 Å². The summed E-state index contributed by atoms with van der Waals surface area (Å²) in [7, 11) is 3.66. The Hall–Kier alpha value is -2.14. The van der Waals surface area contributed by atoms with Gasteiger partial charge in [0.25, 0.3) is 0 Å². The molecule has 0 aliphatic heterocycles. The summed E-state index contributed by atoms with van der Waals surface area (Å²) in [5, 5.41) is 3.26. The van der Waals surface area contributed by atoms with Crippen molar-refractivity contribution in [2.75, 3.05) is 25.6 Å². The molecule has 1 aromatic carbocycles. The van der Waals surface area contributed by atoms with Gasteiger partial charge in [-0.3, -0.25) is 0 Å². The average molecular weight is 286 g/mol. The second kappa shape index (κ2) is 7.59. The molecule has 0 aliphatic carbocycles. The van der Waals surface area contributed by atoms with Crippen molar-refractivity contribution >= 4 is 5.95 Å². The molecule has 0 fully saturated rings. The van der Waals surface area contributed by atoms with Crippen LogP contribution in [0.2, 0.25) is 0 Å². The van der Waals surface area contributed by atoms with E-state index in [2.05, 4.69) is 28.3 Å². The van der Waals surface area contributed by atoms with Crippen LogP contribution in [0.15, 0.2) is 36.7 Å². The minimum Gasteiger partial charge on any atom is -0.496 e. The van der Waals surface area contributed by atoms with E-state index >= 15 is 0 Å². The Kier molecular flexibility index (Phi) is 5.51. The normalized spacial score (nSPS) is 10.4. The molecule has 1 N–H and O–H groups in total. The van der Waals surface area contributed by atoms with E-state index in [4.69, 9.17) is 4.74 Å². The number of ether oxygens (including phenoxy) is 1. The first-order valence-corrected chi connectivity index (χ1v) is 7.09. The molecule has 1 aromatic heterocycles. The van der Waals surface area contributed by atoms with Gasteiger partial charge in [0.15, 0.2) is 0 Å². The molecule has 1 heterocycles. The summed E-state index contributed by atoms with van der Waals surface area (Å²) in [6.45, 7) is 4.52. The zero-order chi connectivity index (χ0) is 15.1. The van der Waals surface area contributed by atoms with E-state index < -0.39 is 0 Å². The molecular formula is C16H22N4O. The first-order valence-electron chi connectivity index (χ1n) is 7.09. The average Bonchev–Trinajstić information content (AvgIpc) is 2.54. The summed E-state index contributed by atoms with van der Waals surface area (Å²) in [4.78, 5) is 10.8. The van der Waals surface area contributed by atoms with E-state index in [1.54, 1.807) is 7.11 Å². The molecule has 0 bridgehead atoms. The fraction of sp³-hybridized carbons (Fsp3) is 0.375. The van der Waals surface area contributed by atoms with Gasteiger partial charge >= 0.3 is 0 Å². The predicted octanol–water partition coefficient (Wildman–Crippen LogP) is 2.23. The SMILES string of the molecule is CCNCc1cnc(N(C)Cc2ccccc2OC)nc1. The van der Waals surface area contributed by atoms with Crippen molar-refractivity contribution in [2.24, 2.45) is 0 Å². The number of rotatable bonds is 7. The second-order valence-corrected chi connectivity index (χ2v) is 4.84. The van der Waals surface area contributed by atoms with E-state index in [0.717, 1.165) is 30.0 Å². The van der Waals surface area contributed by atoms with E-state index in [1.165, 1.54) is 0 Å². The smallest absolute Gasteiger partial charge is 0.225 e. The Morgan fingerprint density at radius 3 is 2.57 bits per heavy atom. The molecule has 0 atom stereocenters. The zero-order valence-corrected chi connectivity index (χ0v) is 12.8. The molecule has 2 rings (SSSR count). The lowest BCUT2D eigenvalue weighted by Gasteiger charge is -2.18. The van der Waals surface area contributed by atoms with Crippen LogP contribution in [0.3, 0.4) is 0 Å². The third-order valence-electron chi connectivity index (χ3n) is 3.21. The maximum Gasteiger partial charge on any atom is 0.225 e. The van der Waals surface area contributed by atoms with Crippen LogP contribution in [0.25, 0.3) is 0 Å². The van der Waals surface area contributed by atoms with Crippen molar-refractivity contribution in [3.05, 3.63) is 47.8 Å². The van der Waals surface area contributed by atoms with Crippen LogP contribution in [0.5, 0.6) is 5.75 Å². The molecule has 112 valence electrons. The van der Waals surface area contributed by atoms with Crippen molar-refractivity contribution in [1.82, 2.24) is 15.3 Å². The lowest BCUT2D eigenvalue weighted by Crippen LogP contribution is -2.20. The minimum atomic E-state index is 0.705. The molecule has 21 heavy (non-hydrogen) atoms. The van der Waals surface area contributed by atoms with Crippen molar-refractivity contribution in [1.29, 1.82) is 0 Å². The summed E-state index contributed by atoms with van der Waals surface area (Å²) in [6, 6.07) is 7.98. The van der Waals surface area contributed by atoms with Crippen LogP contribution in [0.4, 0.5) is 5.95 Å². The maximum atomic E-state index is 5.37. The minimum absolute atomic E-state index is 0.705. The van der Waals surface area contributed by atoms with Crippen LogP contribution in [-0.4, -0.2) is 30.7 Å². The standard InChI is InChI=1S/C16H22N4O/c1-4-17-9-13-10-18-16(19-11-13)20(2)12-14-7-5-6-8-15(14)21-3/h5-8,10-11,17H,4,9,12H2,1-3H3. The highest BCUT2D eigenvalue weighted by Crippen LogP contribution is 2.20. The maximum absolute atomic E-state index is 5.37. The van der Waals surface area contributed by atoms with Crippen LogP contribution in [0.1, 0.15) is 18.1 Å². The molecule has 0 amide bonds. The quantitative estimate of drug-likeness (QED) is 0.846. The van der Waals surface area contributed by atoms with E-state index in [-0.39, 0.29) is 0 Å².